The molecule has 0 heterocycles. The van der Waals surface area contributed by atoms with Gasteiger partial charge in [-0.05, 0) is 37.6 Å². The molecule has 1 nitrogen and oxygen atoms in total. The molecule has 1 N–H and O–H groups in total. The number of aryl methyl sites for hydroxylation is 1. The van der Waals surface area contributed by atoms with E-state index in [0.29, 0.717) is 10.6 Å². The molecule has 0 radical (unpaired) electrons. The van der Waals surface area contributed by atoms with E-state index in [1.165, 1.54) is 11.6 Å². The molecule has 2 aromatic rings. The summed E-state index contributed by atoms with van der Waals surface area (Å²) in [5.74, 6) is -0.272. The van der Waals surface area contributed by atoms with Crippen molar-refractivity contribution in [3.05, 3.63) is 70.0 Å². The molecule has 1 atom stereocenters. The van der Waals surface area contributed by atoms with Gasteiger partial charge in [-0.25, -0.2) is 4.39 Å². The van der Waals surface area contributed by atoms with Gasteiger partial charge in [-0.15, -0.1) is 0 Å². The molecule has 0 aliphatic heterocycles. The second-order valence-electron chi connectivity index (χ2n) is 4.96. The summed E-state index contributed by atoms with van der Waals surface area (Å²) in [6, 6.07) is 12.9. The molecule has 2 aromatic carbocycles. The van der Waals surface area contributed by atoms with Gasteiger partial charge in [-0.2, -0.15) is 0 Å². The molecule has 0 aliphatic rings. The zero-order chi connectivity index (χ0) is 14.5. The van der Waals surface area contributed by atoms with E-state index in [4.69, 9.17) is 11.6 Å². The van der Waals surface area contributed by atoms with E-state index in [1.807, 2.05) is 31.2 Å². The summed E-state index contributed by atoms with van der Waals surface area (Å²) >= 11 is 5.83. The Morgan fingerprint density at radius 3 is 2.45 bits per heavy atom. The standard InChI is InChI=1S/C17H19ClFN/c1-3-10-20-17(13-6-4-12(2)5-7-13)15-9-8-14(18)11-16(15)19/h4-9,11,17,20H,3,10H2,1-2H3. The highest BCUT2D eigenvalue weighted by Crippen LogP contribution is 2.26. The first-order valence-electron chi connectivity index (χ1n) is 6.86. The predicted molar refractivity (Wildman–Crippen MR) is 82.7 cm³/mol. The van der Waals surface area contributed by atoms with Crippen molar-refractivity contribution in [3.8, 4) is 0 Å². The van der Waals surface area contributed by atoms with Gasteiger partial charge in [0.15, 0.2) is 0 Å². The number of halogens is 2. The van der Waals surface area contributed by atoms with Crippen LogP contribution in [-0.4, -0.2) is 6.54 Å². The van der Waals surface area contributed by atoms with Crippen molar-refractivity contribution in [1.29, 1.82) is 0 Å². The molecule has 0 amide bonds. The molecule has 2 rings (SSSR count). The van der Waals surface area contributed by atoms with Gasteiger partial charge in [0.05, 0.1) is 6.04 Å². The first-order valence-corrected chi connectivity index (χ1v) is 7.24. The lowest BCUT2D eigenvalue weighted by Gasteiger charge is -2.20. The van der Waals surface area contributed by atoms with Gasteiger partial charge >= 0.3 is 0 Å². The third-order valence-electron chi connectivity index (χ3n) is 3.28. The zero-order valence-corrected chi connectivity index (χ0v) is 12.5. The third kappa shape index (κ3) is 3.59. The van der Waals surface area contributed by atoms with Crippen LogP contribution in [0, 0.1) is 12.7 Å². The molecule has 0 saturated carbocycles. The van der Waals surface area contributed by atoms with Crippen LogP contribution in [0.3, 0.4) is 0 Å². The minimum atomic E-state index is -0.272. The summed E-state index contributed by atoms with van der Waals surface area (Å²) in [6.07, 6.45) is 0.998. The van der Waals surface area contributed by atoms with Crippen molar-refractivity contribution < 1.29 is 4.39 Å². The molecule has 0 bridgehead atoms. The third-order valence-corrected chi connectivity index (χ3v) is 3.52. The monoisotopic (exact) mass is 291 g/mol. The van der Waals surface area contributed by atoms with Crippen LogP contribution in [0.15, 0.2) is 42.5 Å². The minimum absolute atomic E-state index is 0.146. The summed E-state index contributed by atoms with van der Waals surface area (Å²) in [7, 11) is 0. The van der Waals surface area contributed by atoms with Crippen molar-refractivity contribution in [2.45, 2.75) is 26.3 Å². The number of hydrogen-bond donors (Lipinski definition) is 1. The van der Waals surface area contributed by atoms with Gasteiger partial charge in [0, 0.05) is 10.6 Å². The molecule has 106 valence electrons. The second kappa shape index (κ2) is 6.87. The maximum atomic E-state index is 14.2. The lowest BCUT2D eigenvalue weighted by molar-refractivity contribution is 0.547. The molecule has 0 aromatic heterocycles. The summed E-state index contributed by atoms with van der Waals surface area (Å²) in [5.41, 5.74) is 2.89. The Balaban J connectivity index is 2.38. The Labute approximate surface area is 124 Å². The van der Waals surface area contributed by atoms with Gasteiger partial charge in [-0.3, -0.25) is 0 Å². The van der Waals surface area contributed by atoms with Crippen LogP contribution in [0.2, 0.25) is 5.02 Å². The number of nitrogens with one attached hydrogen (secondary N) is 1. The fourth-order valence-corrected chi connectivity index (χ4v) is 2.35. The first kappa shape index (κ1) is 15.0. The van der Waals surface area contributed by atoms with Crippen molar-refractivity contribution in [2.75, 3.05) is 6.54 Å². The van der Waals surface area contributed by atoms with E-state index < -0.39 is 0 Å². The van der Waals surface area contributed by atoms with Gasteiger partial charge in [-0.1, -0.05) is 54.4 Å². The Bertz CT molecular complexity index is 566. The molecular formula is C17H19ClFN. The molecule has 0 saturated heterocycles. The Morgan fingerprint density at radius 2 is 1.85 bits per heavy atom. The first-order chi connectivity index (χ1) is 9.61. The smallest absolute Gasteiger partial charge is 0.129 e. The molecule has 3 heteroatoms. The molecule has 0 fully saturated rings. The number of hydrogen-bond acceptors (Lipinski definition) is 1. The summed E-state index contributed by atoms with van der Waals surface area (Å²) < 4.78 is 14.2. The van der Waals surface area contributed by atoms with Crippen molar-refractivity contribution in [2.24, 2.45) is 0 Å². The summed E-state index contributed by atoms with van der Waals surface area (Å²) in [5, 5.41) is 3.82. The highest BCUT2D eigenvalue weighted by atomic mass is 35.5. The van der Waals surface area contributed by atoms with Crippen LogP contribution in [0.1, 0.15) is 36.1 Å². The summed E-state index contributed by atoms with van der Waals surface area (Å²) in [4.78, 5) is 0. The largest absolute Gasteiger partial charge is 0.306 e. The molecule has 1 unspecified atom stereocenters. The number of benzene rings is 2. The van der Waals surface area contributed by atoms with Crippen LogP contribution < -0.4 is 5.32 Å². The van der Waals surface area contributed by atoms with E-state index in [0.717, 1.165) is 18.5 Å². The van der Waals surface area contributed by atoms with Gasteiger partial charge in [0.25, 0.3) is 0 Å². The fraction of sp³-hybridized carbons (Fsp3) is 0.294. The van der Waals surface area contributed by atoms with E-state index >= 15 is 0 Å². The normalized spacial score (nSPS) is 12.4. The molecule has 20 heavy (non-hydrogen) atoms. The van der Waals surface area contributed by atoms with Crippen molar-refractivity contribution in [1.82, 2.24) is 5.32 Å². The average molecular weight is 292 g/mol. The maximum absolute atomic E-state index is 14.2. The van der Waals surface area contributed by atoms with E-state index in [-0.39, 0.29) is 11.9 Å². The lowest BCUT2D eigenvalue weighted by atomic mass is 9.97. The van der Waals surface area contributed by atoms with Crippen LogP contribution >= 0.6 is 11.6 Å². The topological polar surface area (TPSA) is 12.0 Å². The zero-order valence-electron chi connectivity index (χ0n) is 11.8. The Hall–Kier alpha value is -1.38. The number of rotatable bonds is 5. The van der Waals surface area contributed by atoms with E-state index in [1.54, 1.807) is 12.1 Å². The van der Waals surface area contributed by atoms with Crippen LogP contribution in [0.5, 0.6) is 0 Å². The van der Waals surface area contributed by atoms with Gasteiger partial charge < -0.3 is 5.32 Å². The second-order valence-corrected chi connectivity index (χ2v) is 5.40. The van der Waals surface area contributed by atoms with Gasteiger partial charge in [0.1, 0.15) is 5.82 Å². The molecule has 0 spiro atoms. The van der Waals surface area contributed by atoms with Crippen LogP contribution in [0.4, 0.5) is 4.39 Å². The van der Waals surface area contributed by atoms with Crippen LogP contribution in [0.25, 0.3) is 0 Å². The van der Waals surface area contributed by atoms with Crippen molar-refractivity contribution >= 4 is 11.6 Å². The lowest BCUT2D eigenvalue weighted by Crippen LogP contribution is -2.24. The van der Waals surface area contributed by atoms with Crippen molar-refractivity contribution in [3.63, 3.8) is 0 Å². The highest BCUT2D eigenvalue weighted by Gasteiger charge is 2.17. The minimum Gasteiger partial charge on any atom is -0.306 e. The molecule has 0 aliphatic carbocycles. The Kier molecular flexibility index (Phi) is 5.16. The van der Waals surface area contributed by atoms with E-state index in [2.05, 4.69) is 12.2 Å². The SMILES string of the molecule is CCCNC(c1ccc(C)cc1)c1ccc(Cl)cc1F. The predicted octanol–water partition coefficient (Wildman–Crippen LogP) is 4.88. The highest BCUT2D eigenvalue weighted by molar-refractivity contribution is 6.30. The summed E-state index contributed by atoms with van der Waals surface area (Å²) in [6.45, 7) is 4.97. The van der Waals surface area contributed by atoms with Crippen LogP contribution in [-0.2, 0) is 0 Å². The molecular weight excluding hydrogens is 273 g/mol. The average Bonchev–Trinajstić information content (AvgIpc) is 2.42. The fourth-order valence-electron chi connectivity index (χ4n) is 2.19. The van der Waals surface area contributed by atoms with E-state index in [9.17, 15) is 4.39 Å². The Morgan fingerprint density at radius 1 is 1.15 bits per heavy atom. The maximum Gasteiger partial charge on any atom is 0.129 e. The quantitative estimate of drug-likeness (QED) is 0.828. The van der Waals surface area contributed by atoms with Gasteiger partial charge in [0.2, 0.25) is 0 Å².